The second kappa shape index (κ2) is 11.1. The van der Waals surface area contributed by atoms with Crippen LogP contribution in [0.2, 0.25) is 0 Å². The molecule has 9 heteroatoms. The zero-order valence-corrected chi connectivity index (χ0v) is 19.8. The normalized spacial score (nSPS) is 13.1. The van der Waals surface area contributed by atoms with Gasteiger partial charge in [-0.05, 0) is 29.2 Å². The monoisotopic (exact) mass is 451 g/mol. The largest absolute Gasteiger partial charge is 0.465 e. The van der Waals surface area contributed by atoms with Gasteiger partial charge in [-0.25, -0.2) is 14.4 Å². The van der Waals surface area contributed by atoms with Crippen molar-refractivity contribution in [3.8, 4) is 0 Å². The van der Waals surface area contributed by atoms with Crippen molar-refractivity contribution in [3.63, 3.8) is 0 Å². The van der Waals surface area contributed by atoms with Crippen LogP contribution in [-0.4, -0.2) is 46.6 Å². The van der Waals surface area contributed by atoms with Gasteiger partial charge in [0.15, 0.2) is 0 Å². The van der Waals surface area contributed by atoms with Gasteiger partial charge in [0.2, 0.25) is 0 Å². The van der Waals surface area contributed by atoms with E-state index in [4.69, 9.17) is 9.84 Å². The molecule has 3 amide bonds. The first kappa shape index (κ1) is 27.1. The number of nitrogens with one attached hydrogen (secondary N) is 3. The molecule has 1 rings (SSSR count). The minimum atomic E-state index is -1.22. The first-order chi connectivity index (χ1) is 14.7. The molecule has 180 valence electrons. The third kappa shape index (κ3) is 7.32. The number of carbonyl (C=O) groups is 3. The molecule has 9 nitrogen and oxygen atoms in total. The van der Waals surface area contributed by atoms with Crippen LogP contribution >= 0.6 is 0 Å². The molecule has 0 radical (unpaired) electrons. The predicted octanol–water partition coefficient (Wildman–Crippen LogP) is 4.43. The summed E-state index contributed by atoms with van der Waals surface area (Å²) < 4.78 is 5.47. The van der Waals surface area contributed by atoms with Crippen molar-refractivity contribution in [2.75, 3.05) is 6.54 Å². The smallest absolute Gasteiger partial charge is 0.408 e. The van der Waals surface area contributed by atoms with Crippen LogP contribution in [0.1, 0.15) is 59.9 Å². The van der Waals surface area contributed by atoms with Crippen LogP contribution in [0, 0.1) is 10.8 Å². The summed E-state index contributed by atoms with van der Waals surface area (Å²) in [5.74, 6) is 0. The van der Waals surface area contributed by atoms with Gasteiger partial charge < -0.3 is 30.9 Å². The van der Waals surface area contributed by atoms with Crippen molar-refractivity contribution in [2.24, 2.45) is 10.8 Å². The van der Waals surface area contributed by atoms with E-state index in [-0.39, 0.29) is 13.2 Å². The van der Waals surface area contributed by atoms with Gasteiger partial charge in [0.05, 0.1) is 11.6 Å². The molecule has 0 aliphatic heterocycles. The van der Waals surface area contributed by atoms with Gasteiger partial charge in [-0.3, -0.25) is 0 Å². The number of carboxylic acid groups (broad SMARTS) is 2. The van der Waals surface area contributed by atoms with Crippen molar-refractivity contribution >= 4 is 18.3 Å². The summed E-state index contributed by atoms with van der Waals surface area (Å²) >= 11 is 0. The molecule has 5 N–H and O–H groups in total. The summed E-state index contributed by atoms with van der Waals surface area (Å²) in [6, 6.07) is 8.55. The molecule has 0 unspecified atom stereocenters. The predicted molar refractivity (Wildman–Crippen MR) is 122 cm³/mol. The van der Waals surface area contributed by atoms with Crippen molar-refractivity contribution < 1.29 is 29.3 Å². The molecule has 1 atom stereocenters. The fourth-order valence-electron chi connectivity index (χ4n) is 4.60. The molecule has 32 heavy (non-hydrogen) atoms. The van der Waals surface area contributed by atoms with Gasteiger partial charge in [-0.1, -0.05) is 71.9 Å². The van der Waals surface area contributed by atoms with Crippen molar-refractivity contribution in [2.45, 2.75) is 72.6 Å². The van der Waals surface area contributed by atoms with E-state index >= 15 is 0 Å². The highest BCUT2D eigenvalue weighted by molar-refractivity contribution is 5.70. The van der Waals surface area contributed by atoms with Crippen LogP contribution in [-0.2, 0) is 11.3 Å². The zero-order chi connectivity index (χ0) is 24.6. The van der Waals surface area contributed by atoms with Gasteiger partial charge in [-0.15, -0.1) is 0 Å². The minimum Gasteiger partial charge on any atom is -0.465 e. The summed E-state index contributed by atoms with van der Waals surface area (Å²) in [6.07, 6.45) is -2.34. The van der Waals surface area contributed by atoms with E-state index < -0.39 is 40.7 Å². The molecule has 1 aromatic carbocycles. The summed E-state index contributed by atoms with van der Waals surface area (Å²) in [6.45, 7) is 11.8. The number of hydrogen-bond acceptors (Lipinski definition) is 4. The lowest BCUT2D eigenvalue weighted by atomic mass is 9.56. The maximum Gasteiger partial charge on any atom is 0.408 e. The maximum atomic E-state index is 12.9. The van der Waals surface area contributed by atoms with Crippen LogP contribution in [0.5, 0.6) is 0 Å². The average molecular weight is 452 g/mol. The minimum absolute atomic E-state index is 0.0800. The lowest BCUT2D eigenvalue weighted by molar-refractivity contribution is -0.0157. The van der Waals surface area contributed by atoms with Gasteiger partial charge in [-0.2, -0.15) is 0 Å². The standard InChI is InChI=1S/C23H37N3O6/c1-21(2,3)23(22(4,5)6,17(25-19(29)30)13-10-14-24-18(27)28)26-20(31)32-15-16-11-8-7-9-12-16/h7-9,11-12,17,24-25H,10,13-15H2,1-6H3,(H,26,31)(H,27,28)(H,29,30)/t17-/m0/s1. The number of benzene rings is 1. The Morgan fingerprint density at radius 1 is 0.938 bits per heavy atom. The van der Waals surface area contributed by atoms with Crippen LogP contribution < -0.4 is 16.0 Å². The fourth-order valence-corrected chi connectivity index (χ4v) is 4.60. The van der Waals surface area contributed by atoms with Gasteiger partial charge >= 0.3 is 18.3 Å². The van der Waals surface area contributed by atoms with Gasteiger partial charge in [0.1, 0.15) is 6.61 Å². The number of ether oxygens (including phenoxy) is 1. The molecule has 0 fully saturated rings. The Balaban J connectivity index is 3.24. The Morgan fingerprint density at radius 3 is 1.97 bits per heavy atom. The number of carbonyl (C=O) groups excluding carboxylic acids is 1. The molecule has 0 aromatic heterocycles. The molecule has 0 saturated carbocycles. The highest BCUT2D eigenvalue weighted by Crippen LogP contribution is 2.47. The molecular weight excluding hydrogens is 414 g/mol. The second-order valence-electron chi connectivity index (χ2n) is 9.87. The topological polar surface area (TPSA) is 137 Å². The first-order valence-electron chi connectivity index (χ1n) is 10.7. The van der Waals surface area contributed by atoms with Crippen LogP contribution in [0.3, 0.4) is 0 Å². The molecule has 0 aliphatic carbocycles. The number of rotatable bonds is 9. The SMILES string of the molecule is CC(C)(C)C(NC(=O)OCc1ccccc1)([C@H](CCCNC(=O)O)NC(=O)O)C(C)(C)C. The Kier molecular flexibility index (Phi) is 9.35. The summed E-state index contributed by atoms with van der Waals surface area (Å²) in [7, 11) is 0. The van der Waals surface area contributed by atoms with E-state index in [1.165, 1.54) is 0 Å². The van der Waals surface area contributed by atoms with Gasteiger partial charge in [0.25, 0.3) is 0 Å². The lowest BCUT2D eigenvalue weighted by Gasteiger charge is -2.57. The van der Waals surface area contributed by atoms with Crippen LogP contribution in [0.25, 0.3) is 0 Å². The quantitative estimate of drug-likeness (QED) is 0.352. The third-order valence-electron chi connectivity index (χ3n) is 5.64. The molecule has 0 spiro atoms. The van der Waals surface area contributed by atoms with E-state index in [0.717, 1.165) is 5.56 Å². The Labute approximate surface area is 189 Å². The summed E-state index contributed by atoms with van der Waals surface area (Å²) in [5, 5.41) is 26.2. The molecular formula is C23H37N3O6. The van der Waals surface area contributed by atoms with E-state index in [0.29, 0.717) is 12.8 Å². The highest BCUT2D eigenvalue weighted by Gasteiger charge is 2.57. The van der Waals surface area contributed by atoms with Gasteiger partial charge in [0, 0.05) is 6.54 Å². The van der Waals surface area contributed by atoms with Crippen molar-refractivity contribution in [3.05, 3.63) is 35.9 Å². The molecule has 0 aliphatic rings. The number of hydrogen-bond donors (Lipinski definition) is 5. The Hall–Kier alpha value is -2.97. The van der Waals surface area contributed by atoms with E-state index in [1.807, 2.05) is 71.9 Å². The lowest BCUT2D eigenvalue weighted by Crippen LogP contribution is -2.74. The summed E-state index contributed by atoms with van der Waals surface area (Å²) in [4.78, 5) is 35.4. The fraction of sp³-hybridized carbons (Fsp3) is 0.609. The van der Waals surface area contributed by atoms with Crippen molar-refractivity contribution in [1.29, 1.82) is 0 Å². The zero-order valence-electron chi connectivity index (χ0n) is 19.8. The van der Waals surface area contributed by atoms with Crippen LogP contribution in [0.4, 0.5) is 14.4 Å². The summed E-state index contributed by atoms with van der Waals surface area (Å²) in [5.41, 5.74) is -1.41. The van der Waals surface area contributed by atoms with E-state index in [9.17, 15) is 19.5 Å². The Bertz CT molecular complexity index is 754. The molecule has 1 aromatic rings. The first-order valence-corrected chi connectivity index (χ1v) is 10.7. The highest BCUT2D eigenvalue weighted by atomic mass is 16.5. The third-order valence-corrected chi connectivity index (χ3v) is 5.64. The number of amides is 3. The second-order valence-corrected chi connectivity index (χ2v) is 9.87. The van der Waals surface area contributed by atoms with Crippen molar-refractivity contribution in [1.82, 2.24) is 16.0 Å². The molecule has 0 heterocycles. The van der Waals surface area contributed by atoms with Crippen LogP contribution in [0.15, 0.2) is 30.3 Å². The maximum absolute atomic E-state index is 12.9. The number of alkyl carbamates (subject to hydrolysis) is 1. The van der Waals surface area contributed by atoms with E-state index in [1.54, 1.807) is 0 Å². The molecule has 0 bridgehead atoms. The molecule has 0 saturated heterocycles. The van der Waals surface area contributed by atoms with E-state index in [2.05, 4.69) is 16.0 Å². The average Bonchev–Trinajstić information content (AvgIpc) is 2.65. The Morgan fingerprint density at radius 2 is 1.50 bits per heavy atom.